The number of hydrogen-bond donors (Lipinski definition) is 1. The van der Waals surface area contributed by atoms with Crippen LogP contribution in [0.3, 0.4) is 0 Å². The summed E-state index contributed by atoms with van der Waals surface area (Å²) < 4.78 is 10.1. The number of hydrogen-bond acceptors (Lipinski definition) is 7. The molecule has 0 unspecified atom stereocenters. The molecule has 1 amide bonds. The van der Waals surface area contributed by atoms with E-state index in [-0.39, 0.29) is 12.5 Å². The topological polar surface area (TPSA) is 76.6 Å². The van der Waals surface area contributed by atoms with Gasteiger partial charge < -0.3 is 19.7 Å². The van der Waals surface area contributed by atoms with Gasteiger partial charge in [-0.1, -0.05) is 0 Å². The van der Waals surface area contributed by atoms with Gasteiger partial charge in [-0.05, 0) is 19.4 Å². The highest BCUT2D eigenvalue weighted by Gasteiger charge is 2.16. The predicted molar refractivity (Wildman–Crippen MR) is 95.7 cm³/mol. The fourth-order valence-electron chi connectivity index (χ4n) is 2.35. The van der Waals surface area contributed by atoms with E-state index in [1.165, 1.54) is 11.2 Å². The third-order valence-corrected chi connectivity index (χ3v) is 4.97. The van der Waals surface area contributed by atoms with E-state index < -0.39 is 0 Å². The second-order valence-electron chi connectivity index (χ2n) is 5.41. The van der Waals surface area contributed by atoms with Crippen molar-refractivity contribution < 1.29 is 14.3 Å². The maximum Gasteiger partial charge on any atom is 0.242 e. The van der Waals surface area contributed by atoms with Crippen molar-refractivity contribution in [2.45, 2.75) is 13.8 Å². The molecular formula is C16H24N4O3S. The molecule has 1 N–H and O–H groups in total. The zero-order chi connectivity index (χ0) is 17.5. The van der Waals surface area contributed by atoms with Crippen LogP contribution in [0, 0.1) is 13.8 Å². The highest BCUT2D eigenvalue weighted by Crippen LogP contribution is 2.32. The molecule has 0 atom stereocenters. The van der Waals surface area contributed by atoms with Crippen molar-refractivity contribution in [1.29, 1.82) is 0 Å². The van der Waals surface area contributed by atoms with E-state index in [4.69, 9.17) is 9.47 Å². The maximum atomic E-state index is 12.5. The van der Waals surface area contributed by atoms with Crippen LogP contribution < -0.4 is 5.32 Å². The van der Waals surface area contributed by atoms with Crippen molar-refractivity contribution >= 4 is 33.3 Å². The molecule has 0 aliphatic rings. The number of methoxy groups -OCH3 is 2. The van der Waals surface area contributed by atoms with Gasteiger partial charge in [0.25, 0.3) is 0 Å². The van der Waals surface area contributed by atoms with Gasteiger partial charge in [-0.3, -0.25) is 4.79 Å². The second kappa shape index (κ2) is 8.91. The molecule has 0 fully saturated rings. The summed E-state index contributed by atoms with van der Waals surface area (Å²) >= 11 is 1.64. The predicted octanol–water partition coefficient (Wildman–Crippen LogP) is 1.84. The third-order valence-electron chi connectivity index (χ3n) is 3.86. The Labute approximate surface area is 146 Å². The number of aryl methyl sites for hydroxylation is 2. The third kappa shape index (κ3) is 4.40. The van der Waals surface area contributed by atoms with Crippen molar-refractivity contribution in [2.24, 2.45) is 0 Å². The Kier molecular flexibility index (Phi) is 6.89. The van der Waals surface area contributed by atoms with Crippen molar-refractivity contribution in [2.75, 3.05) is 52.4 Å². The summed E-state index contributed by atoms with van der Waals surface area (Å²) in [5.41, 5.74) is 1.15. The molecule has 2 aromatic heterocycles. The smallest absolute Gasteiger partial charge is 0.242 e. The standard InChI is InChI=1S/C16H24N4O3S/c1-11-12(2)24-16-14(11)15(18-10-19-16)17-9-13(21)20(5-7-22-3)6-8-23-4/h10H,5-9H2,1-4H3,(H,17,18,19). The SMILES string of the molecule is COCCN(CCOC)C(=O)CNc1ncnc2sc(C)c(C)c12. The van der Waals surface area contributed by atoms with Crippen molar-refractivity contribution in [1.82, 2.24) is 14.9 Å². The van der Waals surface area contributed by atoms with E-state index in [9.17, 15) is 4.79 Å². The van der Waals surface area contributed by atoms with Gasteiger partial charge in [0, 0.05) is 32.2 Å². The molecule has 0 spiro atoms. The molecule has 0 saturated heterocycles. The van der Waals surface area contributed by atoms with Crippen LogP contribution in [0.1, 0.15) is 10.4 Å². The number of thiophene rings is 1. The van der Waals surface area contributed by atoms with Gasteiger partial charge >= 0.3 is 0 Å². The monoisotopic (exact) mass is 352 g/mol. The number of ether oxygens (including phenoxy) is 2. The Morgan fingerprint density at radius 3 is 2.50 bits per heavy atom. The first-order chi connectivity index (χ1) is 11.6. The number of anilines is 1. The molecular weight excluding hydrogens is 328 g/mol. The molecule has 0 aliphatic heterocycles. The zero-order valence-corrected chi connectivity index (χ0v) is 15.4. The molecule has 24 heavy (non-hydrogen) atoms. The molecule has 132 valence electrons. The Bertz CT molecular complexity index is 681. The lowest BCUT2D eigenvalue weighted by molar-refractivity contribution is -0.130. The largest absolute Gasteiger partial charge is 0.383 e. The first kappa shape index (κ1) is 18.6. The average Bonchev–Trinajstić information content (AvgIpc) is 2.88. The maximum absolute atomic E-state index is 12.5. The molecule has 0 aromatic carbocycles. The van der Waals surface area contributed by atoms with E-state index in [0.717, 1.165) is 15.8 Å². The summed E-state index contributed by atoms with van der Waals surface area (Å²) in [4.78, 5) is 24.9. The molecule has 2 heterocycles. The quantitative estimate of drug-likeness (QED) is 0.742. The first-order valence-corrected chi connectivity index (χ1v) is 8.60. The lowest BCUT2D eigenvalue weighted by atomic mass is 10.2. The molecule has 8 heteroatoms. The summed E-state index contributed by atoms with van der Waals surface area (Å²) in [7, 11) is 3.24. The number of carbonyl (C=O) groups excluding carboxylic acids is 1. The number of fused-ring (bicyclic) bond motifs is 1. The fourth-order valence-corrected chi connectivity index (χ4v) is 3.35. The van der Waals surface area contributed by atoms with Crippen LogP contribution in [0.4, 0.5) is 5.82 Å². The minimum atomic E-state index is -0.0135. The molecule has 0 radical (unpaired) electrons. The Hall–Kier alpha value is -1.77. The van der Waals surface area contributed by atoms with Gasteiger partial charge in [-0.15, -0.1) is 11.3 Å². The molecule has 7 nitrogen and oxygen atoms in total. The minimum Gasteiger partial charge on any atom is -0.383 e. The van der Waals surface area contributed by atoms with Crippen molar-refractivity contribution in [3.8, 4) is 0 Å². The van der Waals surface area contributed by atoms with Gasteiger partial charge in [0.15, 0.2) is 0 Å². The molecule has 0 saturated carbocycles. The minimum absolute atomic E-state index is 0.0135. The van der Waals surface area contributed by atoms with Crippen LogP contribution in [-0.2, 0) is 14.3 Å². The lowest BCUT2D eigenvalue weighted by Gasteiger charge is -2.22. The van der Waals surface area contributed by atoms with E-state index >= 15 is 0 Å². The van der Waals surface area contributed by atoms with E-state index in [1.54, 1.807) is 30.5 Å². The Morgan fingerprint density at radius 2 is 1.88 bits per heavy atom. The number of rotatable bonds is 9. The summed E-state index contributed by atoms with van der Waals surface area (Å²) in [6.45, 7) is 6.36. The fraction of sp³-hybridized carbons (Fsp3) is 0.562. The van der Waals surface area contributed by atoms with E-state index in [0.29, 0.717) is 32.1 Å². The van der Waals surface area contributed by atoms with Crippen molar-refractivity contribution in [3.63, 3.8) is 0 Å². The number of nitrogens with one attached hydrogen (secondary N) is 1. The second-order valence-corrected chi connectivity index (χ2v) is 6.61. The van der Waals surface area contributed by atoms with E-state index in [2.05, 4.69) is 22.2 Å². The van der Waals surface area contributed by atoms with E-state index in [1.807, 2.05) is 6.92 Å². The van der Waals surface area contributed by atoms with Crippen LogP contribution in [0.2, 0.25) is 0 Å². The average molecular weight is 352 g/mol. The van der Waals surface area contributed by atoms with Gasteiger partial charge in [-0.2, -0.15) is 0 Å². The first-order valence-electron chi connectivity index (χ1n) is 7.78. The summed E-state index contributed by atoms with van der Waals surface area (Å²) in [5.74, 6) is 0.689. The molecule has 0 bridgehead atoms. The normalized spacial score (nSPS) is 11.0. The highest BCUT2D eigenvalue weighted by molar-refractivity contribution is 7.18. The zero-order valence-electron chi connectivity index (χ0n) is 14.6. The number of aromatic nitrogens is 2. The van der Waals surface area contributed by atoms with Gasteiger partial charge in [0.2, 0.25) is 5.91 Å². The highest BCUT2D eigenvalue weighted by atomic mass is 32.1. The number of amides is 1. The number of carbonyl (C=O) groups is 1. The van der Waals surface area contributed by atoms with Gasteiger partial charge in [0.1, 0.15) is 17.0 Å². The van der Waals surface area contributed by atoms with Crippen molar-refractivity contribution in [3.05, 3.63) is 16.8 Å². The van der Waals surface area contributed by atoms with Crippen LogP contribution >= 0.6 is 11.3 Å². The molecule has 0 aliphatic carbocycles. The molecule has 2 rings (SSSR count). The van der Waals surface area contributed by atoms with Gasteiger partial charge in [0.05, 0.1) is 25.1 Å². The lowest BCUT2D eigenvalue weighted by Crippen LogP contribution is -2.39. The Morgan fingerprint density at radius 1 is 1.21 bits per heavy atom. The van der Waals surface area contributed by atoms with Crippen LogP contribution in [-0.4, -0.2) is 67.8 Å². The Balaban J connectivity index is 2.07. The van der Waals surface area contributed by atoms with Gasteiger partial charge in [-0.25, -0.2) is 9.97 Å². The number of nitrogens with zero attached hydrogens (tertiary/aromatic N) is 3. The molecule has 2 aromatic rings. The van der Waals surface area contributed by atoms with Crippen LogP contribution in [0.25, 0.3) is 10.2 Å². The summed E-state index contributed by atoms with van der Waals surface area (Å²) in [5, 5.41) is 4.15. The van der Waals surface area contributed by atoms with Crippen LogP contribution in [0.15, 0.2) is 6.33 Å². The summed E-state index contributed by atoms with van der Waals surface area (Å²) in [6, 6.07) is 0. The van der Waals surface area contributed by atoms with Crippen LogP contribution in [0.5, 0.6) is 0 Å². The summed E-state index contributed by atoms with van der Waals surface area (Å²) in [6.07, 6.45) is 1.53.